The molecule has 1 aliphatic rings. The van der Waals surface area contributed by atoms with Gasteiger partial charge in [0.15, 0.2) is 0 Å². The minimum atomic E-state index is 0.575. The topological polar surface area (TPSA) is 38.0 Å². The van der Waals surface area contributed by atoms with E-state index in [1.165, 1.54) is 0 Å². The Balaban J connectivity index is 0. The Labute approximate surface area is 83.6 Å². The van der Waals surface area contributed by atoms with Gasteiger partial charge in [0.1, 0.15) is 0 Å². The van der Waals surface area contributed by atoms with E-state index in [2.05, 4.69) is 11.9 Å². The molecule has 0 aromatic carbocycles. The summed E-state index contributed by atoms with van der Waals surface area (Å²) in [7, 11) is 0. The molecule has 1 fully saturated rings. The molecule has 0 aliphatic carbocycles. The Kier molecular flexibility index (Phi) is 13.3. The van der Waals surface area contributed by atoms with Crippen LogP contribution in [0, 0.1) is 5.92 Å². The van der Waals surface area contributed by atoms with Crippen molar-refractivity contribution in [3.63, 3.8) is 0 Å². The van der Waals surface area contributed by atoms with Crippen LogP contribution in [0.25, 0.3) is 0 Å². The van der Waals surface area contributed by atoms with Gasteiger partial charge >= 0.3 is 0 Å². The van der Waals surface area contributed by atoms with Gasteiger partial charge in [0, 0.05) is 11.6 Å². The first-order valence-electron chi connectivity index (χ1n) is 5.45. The molecule has 1 rings (SSSR count). The van der Waals surface area contributed by atoms with Crippen LogP contribution in [0.2, 0.25) is 0 Å². The van der Waals surface area contributed by atoms with Gasteiger partial charge in [0.25, 0.3) is 0 Å². The molecular weight excluding hydrogens is 160 g/mol. The quantitative estimate of drug-likeness (QED) is 0.660. The summed E-state index contributed by atoms with van der Waals surface area (Å²) in [5.41, 5.74) is 6.40. The summed E-state index contributed by atoms with van der Waals surface area (Å²) in [6.45, 7) is 13.9. The first-order valence-corrected chi connectivity index (χ1v) is 5.45. The first kappa shape index (κ1) is 15.0. The van der Waals surface area contributed by atoms with E-state index in [0.29, 0.717) is 5.92 Å². The van der Waals surface area contributed by atoms with Crippen molar-refractivity contribution in [3.05, 3.63) is 12.3 Å². The number of piperidine rings is 1. The maximum atomic E-state index is 5.54. The van der Waals surface area contributed by atoms with E-state index >= 15 is 0 Å². The second-order valence-corrected chi connectivity index (χ2v) is 2.60. The molecule has 0 atom stereocenters. The molecule has 0 bridgehead atoms. The van der Waals surface area contributed by atoms with Crippen molar-refractivity contribution in [2.75, 3.05) is 13.1 Å². The third-order valence-corrected chi connectivity index (χ3v) is 1.86. The summed E-state index contributed by atoms with van der Waals surface area (Å²) in [4.78, 5) is 0. The fraction of sp³-hybridized carbons (Fsp3) is 0.818. The van der Waals surface area contributed by atoms with Gasteiger partial charge in [-0.2, -0.15) is 0 Å². The maximum Gasteiger partial charge on any atom is 0.00399 e. The van der Waals surface area contributed by atoms with Crippen molar-refractivity contribution in [1.29, 1.82) is 0 Å². The van der Waals surface area contributed by atoms with Gasteiger partial charge in [0.05, 0.1) is 0 Å². The Bertz CT molecular complexity index is 105. The fourth-order valence-electron chi connectivity index (χ4n) is 1.19. The SMILES string of the molecule is C=C(N)C1CCNCC1.CC.CC. The summed E-state index contributed by atoms with van der Waals surface area (Å²) in [6.07, 6.45) is 2.32. The molecule has 1 heterocycles. The Hall–Kier alpha value is -0.500. The molecule has 0 unspecified atom stereocenters. The highest BCUT2D eigenvalue weighted by atomic mass is 14.9. The van der Waals surface area contributed by atoms with Crippen LogP contribution in [0.5, 0.6) is 0 Å². The number of hydrogen-bond acceptors (Lipinski definition) is 2. The van der Waals surface area contributed by atoms with Crippen LogP contribution in [0.1, 0.15) is 40.5 Å². The van der Waals surface area contributed by atoms with Crippen molar-refractivity contribution in [1.82, 2.24) is 5.32 Å². The molecule has 0 aromatic rings. The van der Waals surface area contributed by atoms with E-state index < -0.39 is 0 Å². The van der Waals surface area contributed by atoms with E-state index in [-0.39, 0.29) is 0 Å². The predicted octanol–water partition coefficient (Wildman–Crippen LogP) is 2.51. The summed E-state index contributed by atoms with van der Waals surface area (Å²) >= 11 is 0. The molecule has 13 heavy (non-hydrogen) atoms. The number of rotatable bonds is 1. The van der Waals surface area contributed by atoms with Crippen molar-refractivity contribution in [2.45, 2.75) is 40.5 Å². The van der Waals surface area contributed by atoms with Crippen LogP contribution in [-0.2, 0) is 0 Å². The Morgan fingerprint density at radius 2 is 1.54 bits per heavy atom. The van der Waals surface area contributed by atoms with E-state index in [1.807, 2.05) is 27.7 Å². The molecule has 80 valence electrons. The molecule has 1 aliphatic heterocycles. The van der Waals surface area contributed by atoms with Gasteiger partial charge in [-0.05, 0) is 25.9 Å². The monoisotopic (exact) mass is 186 g/mol. The smallest absolute Gasteiger partial charge is 0.00399 e. The molecule has 2 nitrogen and oxygen atoms in total. The fourth-order valence-corrected chi connectivity index (χ4v) is 1.19. The highest BCUT2D eigenvalue weighted by Crippen LogP contribution is 2.15. The van der Waals surface area contributed by atoms with Crippen LogP contribution in [0.15, 0.2) is 12.3 Å². The van der Waals surface area contributed by atoms with Crippen LogP contribution in [0.4, 0.5) is 0 Å². The maximum absolute atomic E-state index is 5.54. The molecule has 0 saturated carbocycles. The lowest BCUT2D eigenvalue weighted by molar-refractivity contribution is 0.418. The minimum Gasteiger partial charge on any atom is -0.402 e. The molecule has 0 amide bonds. The largest absolute Gasteiger partial charge is 0.402 e. The average Bonchev–Trinajstić information content (AvgIpc) is 2.25. The Morgan fingerprint density at radius 1 is 1.15 bits per heavy atom. The van der Waals surface area contributed by atoms with Gasteiger partial charge in [-0.3, -0.25) is 0 Å². The molecule has 0 aromatic heterocycles. The van der Waals surface area contributed by atoms with Crippen molar-refractivity contribution >= 4 is 0 Å². The molecule has 3 N–H and O–H groups in total. The lowest BCUT2D eigenvalue weighted by Crippen LogP contribution is -2.30. The molecular formula is C11H26N2. The lowest BCUT2D eigenvalue weighted by atomic mass is 9.96. The summed E-state index contributed by atoms with van der Waals surface area (Å²) in [6, 6.07) is 0. The third kappa shape index (κ3) is 7.85. The van der Waals surface area contributed by atoms with Crippen molar-refractivity contribution in [2.24, 2.45) is 11.7 Å². The number of nitrogens with two attached hydrogens (primary N) is 1. The predicted molar refractivity (Wildman–Crippen MR) is 61.6 cm³/mol. The molecule has 1 saturated heterocycles. The van der Waals surface area contributed by atoms with Gasteiger partial charge in [0.2, 0.25) is 0 Å². The van der Waals surface area contributed by atoms with E-state index in [4.69, 9.17) is 5.73 Å². The van der Waals surface area contributed by atoms with Crippen molar-refractivity contribution < 1.29 is 0 Å². The molecule has 0 radical (unpaired) electrons. The van der Waals surface area contributed by atoms with Gasteiger partial charge in [-0.15, -0.1) is 0 Å². The third-order valence-electron chi connectivity index (χ3n) is 1.86. The van der Waals surface area contributed by atoms with Gasteiger partial charge in [-0.1, -0.05) is 34.3 Å². The first-order chi connectivity index (χ1) is 6.30. The number of allylic oxidation sites excluding steroid dienone is 1. The van der Waals surface area contributed by atoms with E-state index in [0.717, 1.165) is 31.6 Å². The van der Waals surface area contributed by atoms with Crippen LogP contribution < -0.4 is 11.1 Å². The van der Waals surface area contributed by atoms with Crippen LogP contribution >= 0.6 is 0 Å². The highest BCUT2D eigenvalue weighted by molar-refractivity contribution is 4.96. The zero-order valence-electron chi connectivity index (χ0n) is 9.69. The standard InChI is InChI=1S/C7H14N2.2C2H6/c1-6(8)7-2-4-9-5-3-7;2*1-2/h7,9H,1-5,8H2;2*1-2H3. The number of nitrogens with one attached hydrogen (secondary N) is 1. The second-order valence-electron chi connectivity index (χ2n) is 2.60. The van der Waals surface area contributed by atoms with Gasteiger partial charge < -0.3 is 11.1 Å². The second kappa shape index (κ2) is 11.5. The molecule has 0 spiro atoms. The zero-order valence-corrected chi connectivity index (χ0v) is 9.69. The van der Waals surface area contributed by atoms with E-state index in [1.54, 1.807) is 0 Å². The average molecular weight is 186 g/mol. The number of hydrogen-bond donors (Lipinski definition) is 2. The van der Waals surface area contributed by atoms with Gasteiger partial charge in [-0.25, -0.2) is 0 Å². The normalized spacial score (nSPS) is 16.0. The summed E-state index contributed by atoms with van der Waals surface area (Å²) in [5, 5.41) is 3.27. The zero-order chi connectivity index (χ0) is 10.7. The van der Waals surface area contributed by atoms with E-state index in [9.17, 15) is 0 Å². The van der Waals surface area contributed by atoms with Crippen LogP contribution in [0.3, 0.4) is 0 Å². The van der Waals surface area contributed by atoms with Crippen LogP contribution in [-0.4, -0.2) is 13.1 Å². The summed E-state index contributed by atoms with van der Waals surface area (Å²) in [5.74, 6) is 0.575. The van der Waals surface area contributed by atoms with Crippen molar-refractivity contribution in [3.8, 4) is 0 Å². The minimum absolute atomic E-state index is 0.575. The molecule has 2 heteroatoms. The highest BCUT2D eigenvalue weighted by Gasteiger charge is 2.12. The summed E-state index contributed by atoms with van der Waals surface area (Å²) < 4.78 is 0. The Morgan fingerprint density at radius 3 is 1.77 bits per heavy atom. The lowest BCUT2D eigenvalue weighted by Gasteiger charge is -2.21.